The van der Waals surface area contributed by atoms with Gasteiger partial charge >= 0.3 is 0 Å². The molecule has 27 heavy (non-hydrogen) atoms. The Kier molecular flexibility index (Phi) is 4.97. The van der Waals surface area contributed by atoms with E-state index in [-0.39, 0.29) is 17.9 Å². The minimum absolute atomic E-state index is 0.160. The first-order chi connectivity index (χ1) is 13.2. The first kappa shape index (κ1) is 17.8. The molecule has 1 saturated heterocycles. The first-order valence-electron chi connectivity index (χ1n) is 9.98. The van der Waals surface area contributed by atoms with Crippen molar-refractivity contribution in [2.45, 2.75) is 45.1 Å². The van der Waals surface area contributed by atoms with Gasteiger partial charge in [0.25, 0.3) is 0 Å². The Labute approximate surface area is 160 Å². The molecule has 1 fully saturated rings. The van der Waals surface area contributed by atoms with E-state index < -0.39 is 0 Å². The van der Waals surface area contributed by atoms with Gasteiger partial charge in [0.05, 0.1) is 17.1 Å². The molecule has 1 aromatic heterocycles. The predicted octanol–water partition coefficient (Wildman–Crippen LogP) is 4.76. The summed E-state index contributed by atoms with van der Waals surface area (Å²) in [5.74, 6) is 1.47. The number of para-hydroxylation sites is 2. The summed E-state index contributed by atoms with van der Waals surface area (Å²) in [6.07, 6.45) is 2.74. The topological polar surface area (TPSA) is 38.1 Å². The van der Waals surface area contributed by atoms with Crippen LogP contribution in [0.2, 0.25) is 0 Å². The molecule has 0 radical (unpaired) electrons. The molecular formula is C23H27N3O. The van der Waals surface area contributed by atoms with Gasteiger partial charge < -0.3 is 9.47 Å². The molecule has 0 unspecified atom stereocenters. The molecule has 0 saturated carbocycles. The van der Waals surface area contributed by atoms with Crippen molar-refractivity contribution in [3.05, 3.63) is 66.0 Å². The molecule has 0 aliphatic carbocycles. The number of carbonyl (C=O) groups is 1. The highest BCUT2D eigenvalue weighted by Crippen LogP contribution is 2.34. The Balaban J connectivity index is 1.74. The number of likely N-dealkylation sites (tertiary alicyclic amines) is 1. The molecule has 1 amide bonds. The Morgan fingerprint density at radius 1 is 1.11 bits per heavy atom. The van der Waals surface area contributed by atoms with Crippen molar-refractivity contribution in [2.75, 3.05) is 13.1 Å². The molecule has 2 heterocycles. The number of hydrogen-bond acceptors (Lipinski definition) is 2. The van der Waals surface area contributed by atoms with Crippen LogP contribution < -0.4 is 0 Å². The molecule has 4 nitrogen and oxygen atoms in total. The lowest BCUT2D eigenvalue weighted by atomic mass is 10.0. The van der Waals surface area contributed by atoms with E-state index in [9.17, 15) is 4.79 Å². The fourth-order valence-corrected chi connectivity index (χ4v) is 4.15. The van der Waals surface area contributed by atoms with Crippen LogP contribution in [0.15, 0.2) is 54.6 Å². The second-order valence-electron chi connectivity index (χ2n) is 7.51. The standard InChI is InChI=1S/C23H27N3O/c1-3-4-14-25-16-19(15-22(25)27)23-24-20-12-8-9-13-21(20)26(23)17(2)18-10-6-5-7-11-18/h5-13,17,19H,3-4,14-16H2,1-2H3/t17-,19-/m0/s1. The number of unbranched alkanes of at least 4 members (excludes halogenated alkanes) is 1. The highest BCUT2D eigenvalue weighted by Gasteiger charge is 2.34. The zero-order valence-corrected chi connectivity index (χ0v) is 16.1. The van der Waals surface area contributed by atoms with Crippen molar-refractivity contribution >= 4 is 16.9 Å². The number of benzene rings is 2. The third-order valence-corrected chi connectivity index (χ3v) is 5.65. The largest absolute Gasteiger partial charge is 0.342 e. The van der Waals surface area contributed by atoms with E-state index in [4.69, 9.17) is 4.98 Å². The second kappa shape index (κ2) is 7.55. The maximum atomic E-state index is 12.5. The Morgan fingerprint density at radius 3 is 2.63 bits per heavy atom. The van der Waals surface area contributed by atoms with Gasteiger partial charge in [0, 0.05) is 25.4 Å². The summed E-state index contributed by atoms with van der Waals surface area (Å²) in [4.78, 5) is 19.5. The summed E-state index contributed by atoms with van der Waals surface area (Å²) < 4.78 is 2.34. The highest BCUT2D eigenvalue weighted by atomic mass is 16.2. The SMILES string of the molecule is CCCCN1C[C@@H](c2nc3ccccc3n2[C@@H](C)c2ccccc2)CC1=O. The van der Waals surface area contributed by atoms with Gasteiger partial charge in [-0.25, -0.2) is 4.98 Å². The van der Waals surface area contributed by atoms with Crippen molar-refractivity contribution < 1.29 is 4.79 Å². The molecule has 0 bridgehead atoms. The molecular weight excluding hydrogens is 334 g/mol. The van der Waals surface area contributed by atoms with Crippen molar-refractivity contribution in [3.8, 4) is 0 Å². The van der Waals surface area contributed by atoms with Gasteiger partial charge in [-0.05, 0) is 31.0 Å². The van der Waals surface area contributed by atoms with Gasteiger partial charge in [-0.2, -0.15) is 0 Å². The lowest BCUT2D eigenvalue weighted by Crippen LogP contribution is -2.26. The monoisotopic (exact) mass is 361 g/mol. The summed E-state index contributed by atoms with van der Waals surface area (Å²) >= 11 is 0. The second-order valence-corrected chi connectivity index (χ2v) is 7.51. The summed E-state index contributed by atoms with van der Waals surface area (Å²) in [5, 5.41) is 0. The fraction of sp³-hybridized carbons (Fsp3) is 0.391. The summed E-state index contributed by atoms with van der Waals surface area (Å²) in [7, 11) is 0. The van der Waals surface area contributed by atoms with Gasteiger partial charge in [0.15, 0.2) is 0 Å². The van der Waals surface area contributed by atoms with E-state index in [1.165, 1.54) is 5.56 Å². The van der Waals surface area contributed by atoms with Crippen LogP contribution in [0.1, 0.15) is 56.5 Å². The number of fused-ring (bicyclic) bond motifs is 1. The predicted molar refractivity (Wildman–Crippen MR) is 109 cm³/mol. The molecule has 3 aromatic rings. The Hall–Kier alpha value is -2.62. The number of imidazole rings is 1. The molecule has 2 aromatic carbocycles. The zero-order chi connectivity index (χ0) is 18.8. The molecule has 1 aliphatic rings. The first-order valence-corrected chi connectivity index (χ1v) is 9.98. The fourth-order valence-electron chi connectivity index (χ4n) is 4.15. The van der Waals surface area contributed by atoms with Crippen LogP contribution in [0, 0.1) is 0 Å². The van der Waals surface area contributed by atoms with Crippen LogP contribution in [0.3, 0.4) is 0 Å². The van der Waals surface area contributed by atoms with Crippen molar-refractivity contribution in [1.82, 2.24) is 14.5 Å². The third kappa shape index (κ3) is 3.36. The highest BCUT2D eigenvalue weighted by molar-refractivity contribution is 5.81. The van der Waals surface area contributed by atoms with Crippen LogP contribution in [0.25, 0.3) is 11.0 Å². The van der Waals surface area contributed by atoms with Gasteiger partial charge in [0.2, 0.25) is 5.91 Å². The van der Waals surface area contributed by atoms with E-state index >= 15 is 0 Å². The average molecular weight is 361 g/mol. The van der Waals surface area contributed by atoms with Crippen LogP contribution in [-0.2, 0) is 4.79 Å². The van der Waals surface area contributed by atoms with Gasteiger partial charge in [-0.3, -0.25) is 4.79 Å². The van der Waals surface area contributed by atoms with Crippen LogP contribution >= 0.6 is 0 Å². The van der Waals surface area contributed by atoms with E-state index in [1.807, 2.05) is 17.0 Å². The molecule has 0 N–H and O–H groups in total. The third-order valence-electron chi connectivity index (χ3n) is 5.65. The Morgan fingerprint density at radius 2 is 1.85 bits per heavy atom. The smallest absolute Gasteiger partial charge is 0.223 e. The summed E-state index contributed by atoms with van der Waals surface area (Å²) in [5.41, 5.74) is 3.41. The average Bonchev–Trinajstić information content (AvgIpc) is 3.27. The maximum absolute atomic E-state index is 12.5. The van der Waals surface area contributed by atoms with Gasteiger partial charge in [0.1, 0.15) is 5.82 Å². The normalized spacial score (nSPS) is 18.4. The molecule has 4 heteroatoms. The van der Waals surface area contributed by atoms with Gasteiger partial charge in [-0.15, -0.1) is 0 Å². The Bertz CT molecular complexity index is 931. The van der Waals surface area contributed by atoms with E-state index in [2.05, 4.69) is 60.9 Å². The van der Waals surface area contributed by atoms with Crippen molar-refractivity contribution in [1.29, 1.82) is 0 Å². The summed E-state index contributed by atoms with van der Waals surface area (Å²) in [6, 6.07) is 19.0. The lowest BCUT2D eigenvalue weighted by molar-refractivity contribution is -0.127. The van der Waals surface area contributed by atoms with Crippen LogP contribution in [0.5, 0.6) is 0 Å². The number of rotatable bonds is 6. The van der Waals surface area contributed by atoms with Crippen molar-refractivity contribution in [2.24, 2.45) is 0 Å². The minimum Gasteiger partial charge on any atom is -0.342 e. The van der Waals surface area contributed by atoms with E-state index in [0.717, 1.165) is 42.8 Å². The summed E-state index contributed by atoms with van der Waals surface area (Å²) in [6.45, 7) is 6.03. The van der Waals surface area contributed by atoms with Crippen molar-refractivity contribution in [3.63, 3.8) is 0 Å². The molecule has 140 valence electrons. The minimum atomic E-state index is 0.160. The molecule has 2 atom stereocenters. The number of nitrogens with zero attached hydrogens (tertiary/aromatic N) is 3. The zero-order valence-electron chi connectivity index (χ0n) is 16.1. The molecule has 0 spiro atoms. The van der Waals surface area contributed by atoms with Crippen LogP contribution in [-0.4, -0.2) is 33.4 Å². The van der Waals surface area contributed by atoms with Crippen LogP contribution in [0.4, 0.5) is 0 Å². The lowest BCUT2D eigenvalue weighted by Gasteiger charge is -2.21. The van der Waals surface area contributed by atoms with E-state index in [0.29, 0.717) is 6.42 Å². The van der Waals surface area contributed by atoms with E-state index in [1.54, 1.807) is 0 Å². The number of aromatic nitrogens is 2. The number of amides is 1. The molecule has 1 aliphatic heterocycles. The number of hydrogen-bond donors (Lipinski definition) is 0. The quantitative estimate of drug-likeness (QED) is 0.635. The molecule has 4 rings (SSSR count). The maximum Gasteiger partial charge on any atom is 0.223 e. The van der Waals surface area contributed by atoms with Gasteiger partial charge in [-0.1, -0.05) is 55.8 Å². The number of carbonyl (C=O) groups excluding carboxylic acids is 1.